The van der Waals surface area contributed by atoms with E-state index in [-0.39, 0.29) is 18.0 Å². The third-order valence-electron chi connectivity index (χ3n) is 5.23. The number of aromatic nitrogens is 3. The average molecular weight is 398 g/mol. The van der Waals surface area contributed by atoms with Gasteiger partial charge in [0.25, 0.3) is 0 Å². The molecule has 0 radical (unpaired) electrons. The lowest BCUT2D eigenvalue weighted by Crippen LogP contribution is -2.36. The van der Waals surface area contributed by atoms with Gasteiger partial charge in [-0.1, -0.05) is 24.3 Å². The van der Waals surface area contributed by atoms with Gasteiger partial charge in [-0.05, 0) is 50.6 Å². The third kappa shape index (κ3) is 3.94. The number of amides is 2. The Morgan fingerprint density at radius 2 is 2.07 bits per heavy atom. The number of nitrogens with one attached hydrogen (secondary N) is 2. The maximum absolute atomic E-state index is 12.4. The molecule has 0 spiro atoms. The van der Waals surface area contributed by atoms with Gasteiger partial charge in [-0.3, -0.25) is 0 Å². The lowest BCUT2D eigenvalue weighted by molar-refractivity contribution is 0.250. The number of anilines is 1. The number of urea groups is 1. The van der Waals surface area contributed by atoms with Crippen molar-refractivity contribution in [2.45, 2.75) is 32.2 Å². The highest BCUT2D eigenvalue weighted by molar-refractivity contribution is 5.89. The molecule has 1 aromatic carbocycles. The summed E-state index contributed by atoms with van der Waals surface area (Å²) in [5.41, 5.74) is 4.28. The summed E-state index contributed by atoms with van der Waals surface area (Å²) in [4.78, 5) is 16.8. The van der Waals surface area contributed by atoms with Gasteiger partial charge in [-0.25, -0.2) is 14.5 Å². The second kappa shape index (κ2) is 8.21. The van der Waals surface area contributed by atoms with Gasteiger partial charge in [-0.2, -0.15) is 10.4 Å². The van der Waals surface area contributed by atoms with Crippen LogP contribution in [0.5, 0.6) is 0 Å². The molecule has 2 unspecified atom stereocenters. The van der Waals surface area contributed by atoms with E-state index >= 15 is 0 Å². The van der Waals surface area contributed by atoms with Gasteiger partial charge in [0.05, 0.1) is 17.3 Å². The van der Waals surface area contributed by atoms with Gasteiger partial charge >= 0.3 is 6.03 Å². The van der Waals surface area contributed by atoms with Crippen LogP contribution in [0.2, 0.25) is 0 Å². The van der Waals surface area contributed by atoms with Crippen LogP contribution in [-0.4, -0.2) is 26.8 Å². The van der Waals surface area contributed by atoms with Gasteiger partial charge < -0.3 is 10.6 Å². The molecule has 2 amide bonds. The van der Waals surface area contributed by atoms with E-state index in [1.165, 1.54) is 5.56 Å². The number of hydrogen-bond acceptors (Lipinski definition) is 4. The minimum Gasteiger partial charge on any atom is -0.332 e. The zero-order chi connectivity index (χ0) is 21.1. The molecular weight excluding hydrogens is 376 g/mol. The van der Waals surface area contributed by atoms with Crippen molar-refractivity contribution in [1.82, 2.24) is 20.1 Å². The molecule has 150 valence electrons. The van der Waals surface area contributed by atoms with E-state index in [1.54, 1.807) is 30.5 Å². The predicted molar refractivity (Wildman–Crippen MR) is 114 cm³/mol. The first kappa shape index (κ1) is 19.4. The summed E-state index contributed by atoms with van der Waals surface area (Å²) in [6.07, 6.45) is 6.67. The zero-order valence-electron chi connectivity index (χ0n) is 16.8. The van der Waals surface area contributed by atoms with Crippen molar-refractivity contribution >= 4 is 11.7 Å². The molecule has 2 heterocycles. The minimum absolute atomic E-state index is 0.0776. The topological polar surface area (TPSA) is 95.6 Å². The molecule has 0 aliphatic heterocycles. The van der Waals surface area contributed by atoms with Gasteiger partial charge in [0, 0.05) is 35.1 Å². The number of nitriles is 1. The Morgan fingerprint density at radius 3 is 2.83 bits per heavy atom. The number of carbonyl (C=O) groups excluding carboxylic acids is 1. The van der Waals surface area contributed by atoms with E-state index in [4.69, 9.17) is 5.26 Å². The van der Waals surface area contributed by atoms with Crippen LogP contribution < -0.4 is 10.6 Å². The normalized spacial score (nSPS) is 17.5. The van der Waals surface area contributed by atoms with Gasteiger partial charge in [0.15, 0.2) is 5.82 Å². The zero-order valence-corrected chi connectivity index (χ0v) is 16.8. The Balaban J connectivity index is 1.43. The predicted octanol–water partition coefficient (Wildman–Crippen LogP) is 3.99. The lowest BCUT2D eigenvalue weighted by atomic mass is 9.96. The maximum atomic E-state index is 12.4. The number of hydrogen-bond donors (Lipinski definition) is 2. The third-order valence-corrected chi connectivity index (χ3v) is 5.23. The molecule has 7 heteroatoms. The van der Waals surface area contributed by atoms with Crippen molar-refractivity contribution in [2.24, 2.45) is 0 Å². The highest BCUT2D eigenvalue weighted by Crippen LogP contribution is 2.33. The van der Waals surface area contributed by atoms with Crippen molar-refractivity contribution in [2.75, 3.05) is 5.32 Å². The van der Waals surface area contributed by atoms with Crippen molar-refractivity contribution < 1.29 is 4.79 Å². The number of carbonyl (C=O) groups is 1. The molecule has 7 nitrogen and oxygen atoms in total. The molecule has 1 aliphatic carbocycles. The van der Waals surface area contributed by atoms with Crippen LogP contribution in [0, 0.1) is 25.2 Å². The molecule has 0 saturated heterocycles. The summed E-state index contributed by atoms with van der Waals surface area (Å²) in [6.45, 7) is 4.05. The van der Waals surface area contributed by atoms with Gasteiger partial charge in [0.1, 0.15) is 0 Å². The minimum atomic E-state index is -0.294. The first-order valence-corrected chi connectivity index (χ1v) is 9.78. The van der Waals surface area contributed by atoms with Crippen molar-refractivity contribution in [3.05, 3.63) is 83.3 Å². The highest BCUT2D eigenvalue weighted by Gasteiger charge is 2.27. The smallest absolute Gasteiger partial charge is 0.319 e. The Bertz CT molecular complexity index is 1140. The van der Waals surface area contributed by atoms with E-state index in [0.29, 0.717) is 11.3 Å². The van der Waals surface area contributed by atoms with Crippen LogP contribution in [-0.2, 0) is 0 Å². The molecule has 2 atom stereocenters. The van der Waals surface area contributed by atoms with E-state index in [9.17, 15) is 4.79 Å². The molecule has 1 aliphatic rings. The Kier molecular flexibility index (Phi) is 5.31. The number of pyridine rings is 1. The Labute approximate surface area is 175 Å². The highest BCUT2D eigenvalue weighted by atomic mass is 16.2. The fraction of sp³-hybridized carbons (Fsp3) is 0.217. The second-order valence-electron chi connectivity index (χ2n) is 7.31. The number of aryl methyl sites for hydroxylation is 1. The van der Waals surface area contributed by atoms with Crippen molar-refractivity contribution in [3.8, 4) is 11.9 Å². The molecule has 3 aromatic rings. The summed E-state index contributed by atoms with van der Waals surface area (Å²) in [5.74, 6) is 0.967. The standard InChI is InChI=1S/C23H22N6O/c1-15-22(16(2)29(28-15)21-8-3-4-11-25-21)18-9-10-20(13-18)27-23(30)26-19-7-5-6-17(12-19)14-24/h3-12,18,20H,13H2,1-2H3,(H2,26,27,30). The van der Waals surface area contributed by atoms with Crippen molar-refractivity contribution in [3.63, 3.8) is 0 Å². The molecular formula is C23H22N6O. The quantitative estimate of drug-likeness (QED) is 0.650. The number of rotatable bonds is 4. The molecule has 4 rings (SSSR count). The van der Waals surface area contributed by atoms with E-state index in [1.807, 2.05) is 42.8 Å². The van der Waals surface area contributed by atoms with Crippen LogP contribution >= 0.6 is 0 Å². The van der Waals surface area contributed by atoms with E-state index in [2.05, 4.69) is 32.9 Å². The van der Waals surface area contributed by atoms with Gasteiger partial charge in [0.2, 0.25) is 0 Å². The molecule has 30 heavy (non-hydrogen) atoms. The summed E-state index contributed by atoms with van der Waals surface area (Å²) >= 11 is 0. The van der Waals surface area contributed by atoms with Crippen LogP contribution in [0.25, 0.3) is 5.82 Å². The average Bonchev–Trinajstić information content (AvgIpc) is 3.31. The molecule has 2 N–H and O–H groups in total. The molecule has 0 fully saturated rings. The van der Waals surface area contributed by atoms with Crippen LogP contribution in [0.4, 0.5) is 10.5 Å². The summed E-state index contributed by atoms with van der Waals surface area (Å²) in [7, 11) is 0. The van der Waals surface area contributed by atoms with E-state index in [0.717, 1.165) is 23.6 Å². The monoisotopic (exact) mass is 398 g/mol. The SMILES string of the molecule is Cc1nn(-c2ccccn2)c(C)c1C1C=CC(NC(=O)Nc2cccc(C#N)c2)C1. The largest absolute Gasteiger partial charge is 0.332 e. The first-order valence-electron chi connectivity index (χ1n) is 9.78. The Hall–Kier alpha value is -3.92. The van der Waals surface area contributed by atoms with E-state index < -0.39 is 0 Å². The summed E-state index contributed by atoms with van der Waals surface area (Å²) in [5, 5.41) is 19.4. The number of benzene rings is 1. The van der Waals surface area contributed by atoms with Crippen molar-refractivity contribution in [1.29, 1.82) is 5.26 Å². The van der Waals surface area contributed by atoms with Crippen LogP contribution in [0.3, 0.4) is 0 Å². The van der Waals surface area contributed by atoms with Gasteiger partial charge in [-0.15, -0.1) is 0 Å². The van der Waals surface area contributed by atoms with Crippen LogP contribution in [0.1, 0.15) is 34.9 Å². The number of allylic oxidation sites excluding steroid dienone is 1. The second-order valence-corrected chi connectivity index (χ2v) is 7.31. The first-order chi connectivity index (χ1) is 14.5. The molecule has 0 bridgehead atoms. The molecule has 2 aromatic heterocycles. The Morgan fingerprint density at radius 1 is 1.20 bits per heavy atom. The fourth-order valence-electron chi connectivity index (χ4n) is 3.92. The van der Waals surface area contributed by atoms with Crippen LogP contribution in [0.15, 0.2) is 60.8 Å². The summed E-state index contributed by atoms with van der Waals surface area (Å²) in [6, 6.07) is 14.3. The lowest BCUT2D eigenvalue weighted by Gasteiger charge is -2.15. The maximum Gasteiger partial charge on any atom is 0.319 e. The number of nitrogens with zero attached hydrogens (tertiary/aromatic N) is 4. The fourth-order valence-corrected chi connectivity index (χ4v) is 3.92. The molecule has 0 saturated carbocycles. The summed E-state index contributed by atoms with van der Waals surface area (Å²) < 4.78 is 1.87.